The molecule has 5 aromatic rings. The van der Waals surface area contributed by atoms with Crippen molar-refractivity contribution >= 4 is 17.2 Å². The topological polar surface area (TPSA) is 134 Å². The Hall–Kier alpha value is -4.61. The van der Waals surface area contributed by atoms with Gasteiger partial charge in [0.2, 0.25) is 0 Å². The molecule has 34 heavy (non-hydrogen) atoms. The molecule has 4 aromatic heterocycles. The molecule has 5 rings (SSSR count). The molecule has 4 heterocycles. The quantitative estimate of drug-likeness (QED) is 0.408. The Morgan fingerprint density at radius 1 is 1.12 bits per heavy atom. The second-order valence-corrected chi connectivity index (χ2v) is 7.83. The maximum atomic E-state index is 14.8. The van der Waals surface area contributed by atoms with Gasteiger partial charge in [-0.15, -0.1) is 0 Å². The van der Waals surface area contributed by atoms with Crippen LogP contribution in [0.5, 0.6) is 0 Å². The fraction of sp³-hybridized carbons (Fsp3) is 0.182. The van der Waals surface area contributed by atoms with Crippen LogP contribution in [0.2, 0.25) is 0 Å². The number of nitrogen functional groups attached to an aromatic ring is 1. The van der Waals surface area contributed by atoms with Crippen LogP contribution in [-0.4, -0.2) is 38.9 Å². The van der Waals surface area contributed by atoms with Gasteiger partial charge in [-0.1, -0.05) is 12.1 Å². The van der Waals surface area contributed by atoms with Gasteiger partial charge in [-0.3, -0.25) is 14.0 Å². The fourth-order valence-electron chi connectivity index (χ4n) is 3.83. The summed E-state index contributed by atoms with van der Waals surface area (Å²) in [6, 6.07) is 7.25. The molecular formula is C22H21FN10O. The number of rotatable bonds is 5. The minimum atomic E-state index is -0.601. The predicted molar refractivity (Wildman–Crippen MR) is 124 cm³/mol. The van der Waals surface area contributed by atoms with Crippen LogP contribution in [0.15, 0.2) is 54.0 Å². The van der Waals surface area contributed by atoms with E-state index in [0.29, 0.717) is 22.7 Å². The monoisotopic (exact) mass is 460 g/mol. The molecule has 0 aliphatic carbocycles. The lowest BCUT2D eigenvalue weighted by Crippen LogP contribution is -2.30. The second-order valence-electron chi connectivity index (χ2n) is 7.83. The van der Waals surface area contributed by atoms with Gasteiger partial charge in [0.15, 0.2) is 11.6 Å². The number of nitrogens with zero attached hydrogens (tertiary/aromatic N) is 8. The highest BCUT2D eigenvalue weighted by atomic mass is 19.1. The SMILES string of the molecule is Cc1ccn2nc([C@H](C)Nc3ncnc(N)c3-c3ncn(C)n3)n(-c3ccccc3F)c(=O)c12. The Kier molecular flexibility index (Phi) is 5.04. The van der Waals surface area contributed by atoms with Gasteiger partial charge in [0.1, 0.15) is 41.2 Å². The van der Waals surface area contributed by atoms with Crippen LogP contribution in [0, 0.1) is 12.7 Å². The molecule has 0 spiro atoms. The van der Waals surface area contributed by atoms with E-state index in [-0.39, 0.29) is 22.9 Å². The molecular weight excluding hydrogens is 439 g/mol. The summed E-state index contributed by atoms with van der Waals surface area (Å²) in [4.78, 5) is 26.1. The average molecular weight is 460 g/mol. The molecule has 0 aliphatic rings. The predicted octanol–water partition coefficient (Wildman–Crippen LogP) is 2.27. The van der Waals surface area contributed by atoms with E-state index < -0.39 is 11.9 Å². The van der Waals surface area contributed by atoms with E-state index >= 15 is 0 Å². The van der Waals surface area contributed by atoms with Crippen molar-refractivity contribution in [3.05, 3.63) is 76.7 Å². The first kappa shape index (κ1) is 21.2. The molecule has 0 saturated carbocycles. The Morgan fingerprint density at radius 3 is 2.65 bits per heavy atom. The van der Waals surface area contributed by atoms with Crippen molar-refractivity contribution in [2.75, 3.05) is 11.1 Å². The third-order valence-corrected chi connectivity index (χ3v) is 5.45. The van der Waals surface area contributed by atoms with Gasteiger partial charge >= 0.3 is 0 Å². The first-order valence-corrected chi connectivity index (χ1v) is 10.4. The molecule has 0 amide bonds. The van der Waals surface area contributed by atoms with Crippen LogP contribution in [0.4, 0.5) is 16.0 Å². The summed E-state index contributed by atoms with van der Waals surface area (Å²) in [6.45, 7) is 3.59. The summed E-state index contributed by atoms with van der Waals surface area (Å²) < 4.78 is 19.1. The van der Waals surface area contributed by atoms with Crippen molar-refractivity contribution < 1.29 is 4.39 Å². The number of hydrogen-bond acceptors (Lipinski definition) is 8. The van der Waals surface area contributed by atoms with E-state index in [4.69, 9.17) is 5.73 Å². The Balaban J connectivity index is 1.68. The van der Waals surface area contributed by atoms with Crippen LogP contribution in [0.1, 0.15) is 24.4 Å². The van der Waals surface area contributed by atoms with Crippen molar-refractivity contribution in [1.82, 2.24) is 38.9 Å². The number of hydrogen-bond donors (Lipinski definition) is 2. The molecule has 12 heteroatoms. The maximum absolute atomic E-state index is 14.8. The summed E-state index contributed by atoms with van der Waals surface area (Å²) in [5.41, 5.74) is 7.34. The van der Waals surface area contributed by atoms with Crippen molar-refractivity contribution in [1.29, 1.82) is 0 Å². The first-order valence-electron chi connectivity index (χ1n) is 10.4. The zero-order chi connectivity index (χ0) is 24.0. The van der Waals surface area contributed by atoms with E-state index in [1.807, 2.05) is 0 Å². The summed E-state index contributed by atoms with van der Waals surface area (Å²) in [5, 5.41) is 12.2. The summed E-state index contributed by atoms with van der Waals surface area (Å²) in [6.07, 6.45) is 4.54. The fourth-order valence-corrected chi connectivity index (χ4v) is 3.83. The lowest BCUT2D eigenvalue weighted by molar-refractivity contribution is 0.598. The van der Waals surface area contributed by atoms with Gasteiger partial charge in [-0.05, 0) is 37.6 Å². The minimum Gasteiger partial charge on any atom is -0.383 e. The van der Waals surface area contributed by atoms with Crippen LogP contribution in [0.25, 0.3) is 22.6 Å². The number of nitrogens with one attached hydrogen (secondary N) is 1. The Morgan fingerprint density at radius 2 is 1.91 bits per heavy atom. The molecule has 0 bridgehead atoms. The number of anilines is 2. The number of halogens is 1. The number of aromatic nitrogens is 8. The van der Waals surface area contributed by atoms with E-state index in [2.05, 4.69) is 30.5 Å². The standard InChI is InChI=1S/C22H21FN10O/c1-12-8-9-32-17(12)22(34)33(15-7-5-4-6-14(15)23)21(30-32)13(2)28-19-16(18(24)25-10-26-19)20-27-11-31(3)29-20/h4-11,13H,1-3H3,(H3,24,25,26,28)/t13-/m0/s1. The number of para-hydroxylation sites is 1. The largest absolute Gasteiger partial charge is 0.383 e. The highest BCUT2D eigenvalue weighted by molar-refractivity contribution is 5.79. The summed E-state index contributed by atoms with van der Waals surface area (Å²) in [5.74, 6) is 0.607. The lowest BCUT2D eigenvalue weighted by atomic mass is 10.2. The zero-order valence-electron chi connectivity index (χ0n) is 18.6. The van der Waals surface area contributed by atoms with Crippen molar-refractivity contribution in [2.45, 2.75) is 19.9 Å². The summed E-state index contributed by atoms with van der Waals surface area (Å²) >= 11 is 0. The summed E-state index contributed by atoms with van der Waals surface area (Å²) in [7, 11) is 1.73. The van der Waals surface area contributed by atoms with Gasteiger partial charge < -0.3 is 11.1 Å². The number of fused-ring (bicyclic) bond motifs is 1. The van der Waals surface area contributed by atoms with E-state index in [1.54, 1.807) is 45.3 Å². The highest BCUT2D eigenvalue weighted by Gasteiger charge is 2.24. The van der Waals surface area contributed by atoms with Gasteiger partial charge in [-0.25, -0.2) is 23.9 Å². The molecule has 11 nitrogen and oxygen atoms in total. The number of nitrogens with two attached hydrogens (primary N) is 1. The smallest absolute Gasteiger partial charge is 0.282 e. The molecule has 172 valence electrons. The third-order valence-electron chi connectivity index (χ3n) is 5.45. The molecule has 1 atom stereocenters. The van der Waals surface area contributed by atoms with Gasteiger partial charge in [0.25, 0.3) is 5.56 Å². The van der Waals surface area contributed by atoms with E-state index in [0.717, 1.165) is 5.56 Å². The number of aryl methyl sites for hydroxylation is 2. The Bertz CT molecular complexity index is 1580. The Labute approximate surface area is 192 Å². The van der Waals surface area contributed by atoms with Gasteiger partial charge in [0.05, 0.1) is 11.7 Å². The van der Waals surface area contributed by atoms with Gasteiger partial charge in [-0.2, -0.15) is 10.2 Å². The van der Waals surface area contributed by atoms with Crippen LogP contribution < -0.4 is 16.6 Å². The highest BCUT2D eigenvalue weighted by Crippen LogP contribution is 2.30. The third kappa shape index (κ3) is 3.45. The van der Waals surface area contributed by atoms with Crippen LogP contribution >= 0.6 is 0 Å². The first-order chi connectivity index (χ1) is 16.3. The molecule has 0 aliphatic heterocycles. The molecule has 0 fully saturated rings. The maximum Gasteiger partial charge on any atom is 0.282 e. The van der Waals surface area contributed by atoms with Crippen LogP contribution in [0.3, 0.4) is 0 Å². The van der Waals surface area contributed by atoms with Crippen molar-refractivity contribution in [3.63, 3.8) is 0 Å². The zero-order valence-corrected chi connectivity index (χ0v) is 18.6. The van der Waals surface area contributed by atoms with E-state index in [9.17, 15) is 9.18 Å². The van der Waals surface area contributed by atoms with Crippen LogP contribution in [-0.2, 0) is 7.05 Å². The van der Waals surface area contributed by atoms with Crippen molar-refractivity contribution in [3.8, 4) is 17.1 Å². The molecule has 1 aromatic carbocycles. The minimum absolute atomic E-state index is 0.0977. The molecule has 0 saturated heterocycles. The molecule has 3 N–H and O–H groups in total. The normalized spacial score (nSPS) is 12.2. The second kappa shape index (κ2) is 8.06. The van der Waals surface area contributed by atoms with Crippen molar-refractivity contribution in [2.24, 2.45) is 7.05 Å². The number of benzene rings is 1. The average Bonchev–Trinajstić information content (AvgIpc) is 3.40. The molecule has 0 radical (unpaired) electrons. The lowest BCUT2D eigenvalue weighted by Gasteiger charge is -2.21. The van der Waals surface area contributed by atoms with Gasteiger partial charge in [0, 0.05) is 13.2 Å². The van der Waals surface area contributed by atoms with E-state index in [1.165, 1.54) is 38.6 Å². The molecule has 0 unspecified atom stereocenters.